The molecular weight excluding hydrogens is 229 g/mol. The quantitative estimate of drug-likeness (QED) is 0.749. The summed E-state index contributed by atoms with van der Waals surface area (Å²) in [6, 6.07) is 7.98. The van der Waals surface area contributed by atoms with Crippen LogP contribution in [0.25, 0.3) is 0 Å². The molecule has 0 saturated carbocycles. The third-order valence-corrected chi connectivity index (χ3v) is 2.60. The summed E-state index contributed by atoms with van der Waals surface area (Å²) in [5.74, 6) is 0. The largest absolute Gasteiger partial charge is 0.313 e. The number of rotatable bonds is 6. The van der Waals surface area contributed by atoms with Crippen LogP contribution in [0.4, 0.5) is 0 Å². The Morgan fingerprint density at radius 2 is 1.93 bits per heavy atom. The first-order valence-electron chi connectivity index (χ1n) is 5.28. The standard InChI is InChI=1S/C12H18ClN.ClH/c1-2-3-6-9-14-10-11-7-4-5-8-12(11)13;/h4-5,7-8,14H,2-3,6,9-10H2,1H3;1H. The lowest BCUT2D eigenvalue weighted by Crippen LogP contribution is -2.14. The van der Waals surface area contributed by atoms with Crippen LogP contribution in [0.2, 0.25) is 5.02 Å². The number of benzene rings is 1. The fraction of sp³-hybridized carbons (Fsp3) is 0.500. The van der Waals surface area contributed by atoms with E-state index in [1.54, 1.807) is 0 Å². The van der Waals surface area contributed by atoms with Gasteiger partial charge in [0.1, 0.15) is 0 Å². The molecule has 86 valence electrons. The summed E-state index contributed by atoms with van der Waals surface area (Å²) in [7, 11) is 0. The van der Waals surface area contributed by atoms with E-state index in [4.69, 9.17) is 11.6 Å². The molecule has 0 spiro atoms. The minimum absolute atomic E-state index is 0. The molecule has 0 amide bonds. The van der Waals surface area contributed by atoms with Gasteiger partial charge in [0, 0.05) is 11.6 Å². The van der Waals surface area contributed by atoms with E-state index in [1.165, 1.54) is 24.8 Å². The van der Waals surface area contributed by atoms with Crippen molar-refractivity contribution in [3.8, 4) is 0 Å². The lowest BCUT2D eigenvalue weighted by atomic mass is 10.2. The van der Waals surface area contributed by atoms with E-state index in [0.29, 0.717) is 0 Å². The van der Waals surface area contributed by atoms with Crippen LogP contribution in [0, 0.1) is 0 Å². The molecule has 15 heavy (non-hydrogen) atoms. The SMILES string of the molecule is CCCCCNCc1ccccc1Cl.Cl. The van der Waals surface area contributed by atoms with Crippen molar-refractivity contribution in [1.29, 1.82) is 0 Å². The van der Waals surface area contributed by atoms with Crippen molar-refractivity contribution < 1.29 is 0 Å². The zero-order chi connectivity index (χ0) is 10.2. The minimum atomic E-state index is 0. The second-order valence-electron chi connectivity index (χ2n) is 3.48. The van der Waals surface area contributed by atoms with E-state index in [-0.39, 0.29) is 12.4 Å². The van der Waals surface area contributed by atoms with Crippen LogP contribution in [0.1, 0.15) is 31.7 Å². The van der Waals surface area contributed by atoms with Gasteiger partial charge in [0.25, 0.3) is 0 Å². The number of nitrogens with one attached hydrogen (secondary N) is 1. The predicted molar refractivity (Wildman–Crippen MR) is 69.9 cm³/mol. The molecule has 0 saturated heterocycles. The van der Waals surface area contributed by atoms with Crippen molar-refractivity contribution >= 4 is 24.0 Å². The molecule has 0 bridgehead atoms. The van der Waals surface area contributed by atoms with E-state index in [0.717, 1.165) is 18.1 Å². The van der Waals surface area contributed by atoms with E-state index >= 15 is 0 Å². The highest BCUT2D eigenvalue weighted by Crippen LogP contribution is 2.14. The zero-order valence-electron chi connectivity index (χ0n) is 9.13. The first-order valence-corrected chi connectivity index (χ1v) is 5.66. The van der Waals surface area contributed by atoms with Crippen LogP contribution < -0.4 is 5.32 Å². The number of unbranched alkanes of at least 4 members (excludes halogenated alkanes) is 2. The van der Waals surface area contributed by atoms with Crippen LogP contribution >= 0.6 is 24.0 Å². The first kappa shape index (κ1) is 14.8. The Kier molecular flexibility index (Phi) is 8.88. The maximum absolute atomic E-state index is 6.02. The smallest absolute Gasteiger partial charge is 0.0450 e. The third kappa shape index (κ3) is 6.03. The molecule has 0 heterocycles. The highest BCUT2D eigenvalue weighted by Gasteiger charge is 1.96. The molecule has 0 unspecified atom stereocenters. The number of halogens is 2. The topological polar surface area (TPSA) is 12.0 Å². The van der Waals surface area contributed by atoms with Gasteiger partial charge in [0.2, 0.25) is 0 Å². The highest BCUT2D eigenvalue weighted by molar-refractivity contribution is 6.31. The van der Waals surface area contributed by atoms with Crippen molar-refractivity contribution in [2.24, 2.45) is 0 Å². The van der Waals surface area contributed by atoms with Crippen LogP contribution in [-0.4, -0.2) is 6.54 Å². The van der Waals surface area contributed by atoms with E-state index in [2.05, 4.69) is 18.3 Å². The highest BCUT2D eigenvalue weighted by atomic mass is 35.5. The van der Waals surface area contributed by atoms with Crippen LogP contribution in [0.3, 0.4) is 0 Å². The predicted octanol–water partition coefficient (Wildman–Crippen LogP) is 4.04. The molecule has 1 aromatic carbocycles. The van der Waals surface area contributed by atoms with E-state index in [1.807, 2.05) is 18.2 Å². The average molecular weight is 248 g/mol. The third-order valence-electron chi connectivity index (χ3n) is 2.23. The molecule has 0 aliphatic heterocycles. The molecule has 1 aromatic rings. The van der Waals surface area contributed by atoms with Crippen molar-refractivity contribution in [2.75, 3.05) is 6.54 Å². The summed E-state index contributed by atoms with van der Waals surface area (Å²) in [5.41, 5.74) is 1.19. The number of hydrogen-bond acceptors (Lipinski definition) is 1. The Morgan fingerprint density at radius 3 is 2.60 bits per heavy atom. The maximum Gasteiger partial charge on any atom is 0.0450 e. The normalized spacial score (nSPS) is 9.73. The van der Waals surface area contributed by atoms with Crippen molar-refractivity contribution in [1.82, 2.24) is 5.32 Å². The maximum atomic E-state index is 6.02. The van der Waals surface area contributed by atoms with Crippen molar-refractivity contribution in [2.45, 2.75) is 32.7 Å². The molecule has 3 heteroatoms. The lowest BCUT2D eigenvalue weighted by molar-refractivity contribution is 0.617. The molecule has 1 nitrogen and oxygen atoms in total. The van der Waals surface area contributed by atoms with Gasteiger partial charge in [-0.1, -0.05) is 49.6 Å². The zero-order valence-corrected chi connectivity index (χ0v) is 10.7. The molecule has 0 aliphatic carbocycles. The summed E-state index contributed by atoms with van der Waals surface area (Å²) in [6.45, 7) is 4.18. The Labute approximate surface area is 104 Å². The Bertz CT molecular complexity index is 264. The Morgan fingerprint density at radius 1 is 1.20 bits per heavy atom. The van der Waals surface area contributed by atoms with Crippen LogP contribution in [0.15, 0.2) is 24.3 Å². The molecule has 0 aromatic heterocycles. The molecular formula is C12H19Cl2N. The monoisotopic (exact) mass is 247 g/mol. The molecule has 0 radical (unpaired) electrons. The lowest BCUT2D eigenvalue weighted by Gasteiger charge is -2.05. The summed E-state index contributed by atoms with van der Waals surface area (Å²) in [4.78, 5) is 0. The number of hydrogen-bond donors (Lipinski definition) is 1. The molecule has 1 N–H and O–H groups in total. The second-order valence-corrected chi connectivity index (χ2v) is 3.88. The van der Waals surface area contributed by atoms with Gasteiger partial charge in [-0.25, -0.2) is 0 Å². The van der Waals surface area contributed by atoms with Gasteiger partial charge in [-0.15, -0.1) is 12.4 Å². The summed E-state index contributed by atoms with van der Waals surface area (Å²) < 4.78 is 0. The van der Waals surface area contributed by atoms with Gasteiger partial charge in [-0.05, 0) is 24.6 Å². The van der Waals surface area contributed by atoms with Crippen LogP contribution in [0.5, 0.6) is 0 Å². The van der Waals surface area contributed by atoms with Gasteiger partial charge < -0.3 is 5.32 Å². The summed E-state index contributed by atoms with van der Waals surface area (Å²) in [6.07, 6.45) is 3.82. The molecule has 0 fully saturated rings. The fourth-order valence-corrected chi connectivity index (χ4v) is 1.57. The van der Waals surface area contributed by atoms with Gasteiger partial charge in [-0.3, -0.25) is 0 Å². The minimum Gasteiger partial charge on any atom is -0.313 e. The van der Waals surface area contributed by atoms with Gasteiger partial charge in [-0.2, -0.15) is 0 Å². The fourth-order valence-electron chi connectivity index (χ4n) is 1.36. The van der Waals surface area contributed by atoms with Crippen molar-refractivity contribution in [3.63, 3.8) is 0 Å². The molecule has 0 atom stereocenters. The van der Waals surface area contributed by atoms with Crippen LogP contribution in [-0.2, 0) is 6.54 Å². The Hall–Kier alpha value is -0.240. The van der Waals surface area contributed by atoms with Gasteiger partial charge in [0.05, 0.1) is 0 Å². The first-order chi connectivity index (χ1) is 6.84. The molecule has 1 rings (SSSR count). The molecule has 0 aliphatic rings. The van der Waals surface area contributed by atoms with E-state index < -0.39 is 0 Å². The Balaban J connectivity index is 0.00000196. The summed E-state index contributed by atoms with van der Waals surface area (Å²) in [5, 5.41) is 4.25. The second kappa shape index (κ2) is 9.02. The average Bonchev–Trinajstić information content (AvgIpc) is 2.20. The van der Waals surface area contributed by atoms with Gasteiger partial charge in [0.15, 0.2) is 0 Å². The van der Waals surface area contributed by atoms with Gasteiger partial charge >= 0.3 is 0 Å². The van der Waals surface area contributed by atoms with Crippen molar-refractivity contribution in [3.05, 3.63) is 34.9 Å². The summed E-state index contributed by atoms with van der Waals surface area (Å²) >= 11 is 6.02. The van der Waals surface area contributed by atoms with E-state index in [9.17, 15) is 0 Å².